The smallest absolute Gasteiger partial charge is 0.305 e. The minimum absolute atomic E-state index is 1.02. The molecule has 0 aromatic heterocycles. The van der Waals surface area contributed by atoms with Crippen molar-refractivity contribution in [3.05, 3.63) is 0 Å². The highest BCUT2D eigenvalue weighted by Crippen LogP contribution is 2.23. The van der Waals surface area contributed by atoms with E-state index in [1.807, 2.05) is 0 Å². The van der Waals surface area contributed by atoms with Gasteiger partial charge in [-0.2, -0.15) is 13.7 Å². The Bertz CT molecular complexity index is 345. The first-order chi connectivity index (χ1) is 5.27. The number of rotatable bonds is 1. The summed E-state index contributed by atoms with van der Waals surface area (Å²) in [7, 11) is -4.99. The number of hydrogen-bond donors (Lipinski definition) is 2. The molecule has 1 radical (unpaired) electrons. The van der Waals surface area contributed by atoms with Crippen LogP contribution in [0.25, 0.3) is 0 Å². The van der Waals surface area contributed by atoms with E-state index in [2.05, 4.69) is 5.32 Å². The first-order valence-electron chi connectivity index (χ1n) is 2.76. The molecule has 2 amide bonds. The molecule has 0 aromatic rings. The zero-order chi connectivity index (χ0) is 9.57. The van der Waals surface area contributed by atoms with Crippen LogP contribution in [0, 0.1) is 0 Å². The van der Waals surface area contributed by atoms with Crippen LogP contribution in [0.3, 0.4) is 0 Å². The van der Waals surface area contributed by atoms with E-state index < -0.39 is 33.3 Å². The lowest BCUT2D eigenvalue weighted by molar-refractivity contribution is -0.129. The Balaban J connectivity index is 3.18. The van der Waals surface area contributed by atoms with Gasteiger partial charge in [-0.3, -0.25) is 14.1 Å². The van der Waals surface area contributed by atoms with Crippen LogP contribution in [0.1, 0.15) is 6.42 Å². The van der Waals surface area contributed by atoms with Gasteiger partial charge in [-0.05, 0) is 0 Å². The third-order valence-corrected chi connectivity index (χ3v) is 2.55. The van der Waals surface area contributed by atoms with Gasteiger partial charge in [0.2, 0.25) is 0 Å². The molecule has 0 bridgehead atoms. The molecule has 0 spiro atoms. The maximum Gasteiger partial charge on any atom is 0.305 e. The fourth-order valence-corrected chi connectivity index (χ4v) is 1.29. The Morgan fingerprint density at radius 2 is 1.92 bits per heavy atom. The van der Waals surface area contributed by atoms with Crippen LogP contribution in [0.4, 0.5) is 0 Å². The van der Waals surface area contributed by atoms with Crippen molar-refractivity contribution >= 4 is 21.9 Å². The summed E-state index contributed by atoms with van der Waals surface area (Å²) in [6.07, 6.45) is -1.02. The lowest BCUT2D eigenvalue weighted by Gasteiger charge is -2.11. The van der Waals surface area contributed by atoms with Crippen molar-refractivity contribution in [3.8, 4) is 0 Å². The molecular formula is C4H4NO6S. The summed E-state index contributed by atoms with van der Waals surface area (Å²) in [5.41, 5.74) is 0. The van der Waals surface area contributed by atoms with Gasteiger partial charge >= 0.3 is 10.1 Å². The predicted octanol–water partition coefficient (Wildman–Crippen LogP) is -2.38. The van der Waals surface area contributed by atoms with Gasteiger partial charge in [-0.1, -0.05) is 0 Å². The fourth-order valence-electron chi connectivity index (χ4n) is 0.722. The molecule has 1 aliphatic rings. The molecule has 8 heteroatoms. The predicted molar refractivity (Wildman–Crippen MR) is 33.3 cm³/mol. The first-order valence-corrected chi connectivity index (χ1v) is 4.20. The van der Waals surface area contributed by atoms with Gasteiger partial charge in [-0.15, -0.1) is 0 Å². The molecule has 1 heterocycles. The monoisotopic (exact) mass is 194 g/mol. The van der Waals surface area contributed by atoms with Crippen molar-refractivity contribution in [2.75, 3.05) is 0 Å². The highest BCUT2D eigenvalue weighted by Gasteiger charge is 2.56. The lowest BCUT2D eigenvalue weighted by atomic mass is 10.3. The fraction of sp³-hybridized carbons (Fsp3) is 0.500. The number of amides is 2. The number of nitrogens with zero attached hydrogens (tertiary/aromatic N) is 1. The second-order valence-electron chi connectivity index (χ2n) is 2.25. The van der Waals surface area contributed by atoms with E-state index in [0.717, 1.165) is 0 Å². The van der Waals surface area contributed by atoms with Crippen LogP contribution in [0.15, 0.2) is 0 Å². The van der Waals surface area contributed by atoms with E-state index in [9.17, 15) is 18.0 Å². The van der Waals surface area contributed by atoms with Crippen LogP contribution >= 0.6 is 0 Å². The van der Waals surface area contributed by atoms with E-state index in [-0.39, 0.29) is 0 Å². The third kappa shape index (κ3) is 1.09. The summed E-state index contributed by atoms with van der Waals surface area (Å²) in [5, 5.41) is 11.6. The van der Waals surface area contributed by atoms with Crippen molar-refractivity contribution in [1.29, 1.82) is 0 Å². The van der Waals surface area contributed by atoms with E-state index in [1.165, 1.54) is 0 Å². The van der Waals surface area contributed by atoms with Crippen LogP contribution < -0.4 is 5.32 Å². The van der Waals surface area contributed by atoms with E-state index in [1.54, 1.807) is 0 Å². The average Bonchev–Trinajstić information content (AvgIpc) is 2.06. The largest absolute Gasteiger partial charge is 0.365 e. The number of aliphatic hydroxyl groups is 1. The summed E-state index contributed by atoms with van der Waals surface area (Å²) < 4.78 is 29.1. The molecule has 1 unspecified atom stereocenters. The first kappa shape index (κ1) is 9.10. The summed E-state index contributed by atoms with van der Waals surface area (Å²) in [4.78, 5) is 17.9. The Hall–Kier alpha value is -0.990. The van der Waals surface area contributed by atoms with Gasteiger partial charge in [0, 0.05) is 0 Å². The van der Waals surface area contributed by atoms with Gasteiger partial charge in [0.05, 0.1) is 6.42 Å². The highest BCUT2D eigenvalue weighted by molar-refractivity contribution is 7.88. The van der Waals surface area contributed by atoms with Gasteiger partial charge < -0.3 is 5.11 Å². The zero-order valence-corrected chi connectivity index (χ0v) is 6.41. The summed E-state index contributed by atoms with van der Waals surface area (Å²) in [6, 6.07) is 0. The van der Waals surface area contributed by atoms with Crippen molar-refractivity contribution in [2.45, 2.75) is 11.4 Å². The summed E-state index contributed by atoms with van der Waals surface area (Å²) in [5.74, 6) is -2.62. The quantitative estimate of drug-likeness (QED) is 0.355. The zero-order valence-electron chi connectivity index (χ0n) is 5.59. The molecule has 1 aliphatic heterocycles. The molecule has 7 nitrogen and oxygen atoms in total. The molecule has 1 atom stereocenters. The van der Waals surface area contributed by atoms with Crippen molar-refractivity contribution in [2.24, 2.45) is 0 Å². The Morgan fingerprint density at radius 3 is 2.08 bits per heavy atom. The maximum absolute atomic E-state index is 10.6. The number of carbonyl (C=O) groups excluding carboxylic acids is 2. The SMILES string of the molecule is O=C1CC(O)(S(=O)(=O)O)C(=O)[N]1. The van der Waals surface area contributed by atoms with Crippen LogP contribution in [-0.2, 0) is 19.7 Å². The Kier molecular flexibility index (Phi) is 1.71. The molecule has 1 fully saturated rings. The standard InChI is InChI=1S/C4H4NO6S/c6-2-1-4(8,3(7)5-2)12(9,10)11/h8H,1H2,(H,9,10,11). The Morgan fingerprint density at radius 1 is 1.42 bits per heavy atom. The number of hydrogen-bond acceptors (Lipinski definition) is 5. The van der Waals surface area contributed by atoms with E-state index in [4.69, 9.17) is 9.66 Å². The second-order valence-corrected chi connectivity index (χ2v) is 3.87. The molecule has 2 N–H and O–H groups in total. The Labute approximate surface area is 67.1 Å². The molecule has 0 aromatic carbocycles. The molecule has 0 aliphatic carbocycles. The molecular weight excluding hydrogens is 190 g/mol. The molecule has 1 saturated heterocycles. The lowest BCUT2D eigenvalue weighted by Crippen LogP contribution is -2.43. The molecule has 67 valence electrons. The van der Waals surface area contributed by atoms with Crippen LogP contribution in [0.5, 0.6) is 0 Å². The minimum Gasteiger partial charge on any atom is -0.365 e. The van der Waals surface area contributed by atoms with Crippen LogP contribution in [0.2, 0.25) is 0 Å². The molecule has 1 rings (SSSR count). The summed E-state index contributed by atoms with van der Waals surface area (Å²) >= 11 is 0. The van der Waals surface area contributed by atoms with Gasteiger partial charge in [0.15, 0.2) is 0 Å². The van der Waals surface area contributed by atoms with Crippen molar-refractivity contribution < 1.29 is 27.7 Å². The normalized spacial score (nSPS) is 30.5. The molecule has 12 heavy (non-hydrogen) atoms. The average molecular weight is 194 g/mol. The van der Waals surface area contributed by atoms with Crippen molar-refractivity contribution in [1.82, 2.24) is 5.32 Å². The second kappa shape index (κ2) is 2.25. The van der Waals surface area contributed by atoms with Gasteiger partial charge in [0.25, 0.3) is 16.7 Å². The number of carbonyl (C=O) groups is 2. The maximum atomic E-state index is 10.6. The third-order valence-electron chi connectivity index (χ3n) is 1.38. The van der Waals surface area contributed by atoms with Crippen molar-refractivity contribution in [3.63, 3.8) is 0 Å². The topological polar surface area (TPSA) is 123 Å². The van der Waals surface area contributed by atoms with E-state index >= 15 is 0 Å². The summed E-state index contributed by atoms with van der Waals surface area (Å²) in [6.45, 7) is 0. The van der Waals surface area contributed by atoms with Gasteiger partial charge in [0.1, 0.15) is 0 Å². The van der Waals surface area contributed by atoms with E-state index in [0.29, 0.717) is 0 Å². The highest BCUT2D eigenvalue weighted by atomic mass is 32.2. The van der Waals surface area contributed by atoms with Crippen LogP contribution in [-0.4, -0.2) is 34.8 Å². The van der Waals surface area contributed by atoms with Gasteiger partial charge in [-0.25, -0.2) is 0 Å². The minimum atomic E-state index is -4.99. The molecule has 0 saturated carbocycles. The number of imide groups is 1.